The molecule has 2 heterocycles. The minimum Gasteiger partial charge on any atom is -0.383 e. The molecule has 0 aliphatic carbocycles. The van der Waals surface area contributed by atoms with Crippen LogP contribution in [-0.2, 0) is 4.74 Å². The Bertz CT molecular complexity index is 809. The molecule has 0 bridgehead atoms. The van der Waals surface area contributed by atoms with Gasteiger partial charge < -0.3 is 10.1 Å². The van der Waals surface area contributed by atoms with Gasteiger partial charge in [0.2, 0.25) is 10.1 Å². The summed E-state index contributed by atoms with van der Waals surface area (Å²) in [7, 11) is 1.66. The van der Waals surface area contributed by atoms with Crippen molar-refractivity contribution in [3.05, 3.63) is 36.0 Å². The van der Waals surface area contributed by atoms with Crippen molar-refractivity contribution in [2.24, 2.45) is 0 Å². The van der Waals surface area contributed by atoms with E-state index in [9.17, 15) is 4.79 Å². The molecule has 1 N–H and O–H groups in total. The summed E-state index contributed by atoms with van der Waals surface area (Å²) in [5.74, 6) is 0.0443. The van der Waals surface area contributed by atoms with Crippen LogP contribution < -0.4 is 5.32 Å². The zero-order valence-corrected chi connectivity index (χ0v) is 13.2. The number of fused-ring (bicyclic) bond motifs is 1. The third-order valence-electron chi connectivity index (χ3n) is 3.23. The first kappa shape index (κ1) is 14.7. The number of carbonyl (C=O) groups excluding carboxylic acids is 1. The van der Waals surface area contributed by atoms with Crippen LogP contribution in [0.5, 0.6) is 0 Å². The topological polar surface area (TPSA) is 68.5 Å². The largest absolute Gasteiger partial charge is 0.383 e. The number of carbonyl (C=O) groups is 1. The zero-order valence-electron chi connectivity index (χ0n) is 12.4. The van der Waals surface area contributed by atoms with Gasteiger partial charge in [0, 0.05) is 24.8 Å². The fraction of sp³-hybridized carbons (Fsp3) is 0.267. The maximum absolute atomic E-state index is 11.5. The number of ether oxygens (including phenoxy) is 1. The lowest BCUT2D eigenvalue weighted by molar-refractivity contribution is 0.101. The molecular weight excluding hydrogens is 300 g/mol. The number of aromatic nitrogens is 3. The van der Waals surface area contributed by atoms with Crippen LogP contribution in [0.3, 0.4) is 0 Å². The predicted molar refractivity (Wildman–Crippen MR) is 86.7 cm³/mol. The van der Waals surface area contributed by atoms with Gasteiger partial charge in [-0.05, 0) is 13.0 Å². The molecule has 3 aromatic rings. The van der Waals surface area contributed by atoms with Gasteiger partial charge in [0.15, 0.2) is 5.78 Å². The highest BCUT2D eigenvalue weighted by Crippen LogP contribution is 2.26. The molecule has 114 valence electrons. The summed E-state index contributed by atoms with van der Waals surface area (Å²) in [6.45, 7) is 2.88. The van der Waals surface area contributed by atoms with Gasteiger partial charge in [-0.3, -0.25) is 4.79 Å². The molecule has 6 nitrogen and oxygen atoms in total. The molecule has 0 aliphatic heterocycles. The van der Waals surface area contributed by atoms with Crippen molar-refractivity contribution in [2.45, 2.75) is 6.92 Å². The standard InChI is InChI=1S/C15H16N4O2S/c1-10(20)11-4-3-5-12(8-11)13-9-17-15-19(13)18-14(22-15)16-6-7-21-2/h3-5,8-9H,6-7H2,1-2H3,(H,16,18). The van der Waals surface area contributed by atoms with Crippen molar-refractivity contribution in [3.8, 4) is 11.3 Å². The molecule has 1 aromatic carbocycles. The molecule has 2 aromatic heterocycles. The average Bonchev–Trinajstić information content (AvgIpc) is 3.07. The summed E-state index contributed by atoms with van der Waals surface area (Å²) in [5, 5.41) is 8.51. The molecule has 7 heteroatoms. The second-order valence-corrected chi connectivity index (χ2v) is 5.76. The van der Waals surface area contributed by atoms with Gasteiger partial charge >= 0.3 is 0 Å². The highest BCUT2D eigenvalue weighted by atomic mass is 32.1. The molecule has 22 heavy (non-hydrogen) atoms. The molecule has 0 amide bonds. The normalized spacial score (nSPS) is 11.0. The molecule has 3 rings (SSSR count). The summed E-state index contributed by atoms with van der Waals surface area (Å²) in [5.41, 5.74) is 2.48. The van der Waals surface area contributed by atoms with Crippen LogP contribution in [-0.4, -0.2) is 40.6 Å². The molecule has 0 radical (unpaired) electrons. The fourth-order valence-electron chi connectivity index (χ4n) is 2.12. The Morgan fingerprint density at radius 2 is 2.32 bits per heavy atom. The monoisotopic (exact) mass is 316 g/mol. The predicted octanol–water partition coefficient (Wildman–Crippen LogP) is 2.72. The van der Waals surface area contributed by atoms with Crippen molar-refractivity contribution < 1.29 is 9.53 Å². The van der Waals surface area contributed by atoms with Gasteiger partial charge in [-0.25, -0.2) is 9.50 Å². The smallest absolute Gasteiger partial charge is 0.214 e. The molecule has 0 saturated carbocycles. The number of nitrogens with one attached hydrogen (secondary N) is 1. The van der Waals surface area contributed by atoms with Crippen LogP contribution in [0.25, 0.3) is 16.2 Å². The summed E-state index contributed by atoms with van der Waals surface area (Å²) >= 11 is 1.48. The molecule has 0 aliphatic rings. The van der Waals surface area contributed by atoms with Crippen LogP contribution in [0.15, 0.2) is 30.5 Å². The van der Waals surface area contributed by atoms with Gasteiger partial charge in [-0.2, -0.15) is 0 Å². The van der Waals surface area contributed by atoms with E-state index in [1.165, 1.54) is 11.3 Å². The Labute approximate surface area is 131 Å². The Balaban J connectivity index is 1.93. The molecule has 0 atom stereocenters. The first-order valence-corrected chi connectivity index (χ1v) is 7.69. The zero-order chi connectivity index (χ0) is 15.5. The third-order valence-corrected chi connectivity index (χ3v) is 4.11. The van der Waals surface area contributed by atoms with E-state index in [0.29, 0.717) is 18.7 Å². The summed E-state index contributed by atoms with van der Waals surface area (Å²) < 4.78 is 6.80. The highest BCUT2D eigenvalue weighted by molar-refractivity contribution is 7.20. The maximum Gasteiger partial charge on any atom is 0.214 e. The molecule has 0 spiro atoms. The number of rotatable bonds is 6. The van der Waals surface area contributed by atoms with E-state index >= 15 is 0 Å². The minimum atomic E-state index is 0.0443. The molecule has 0 saturated heterocycles. The van der Waals surface area contributed by atoms with Crippen molar-refractivity contribution in [3.63, 3.8) is 0 Å². The first-order chi connectivity index (χ1) is 10.7. The second kappa shape index (κ2) is 6.25. The number of anilines is 1. The van der Waals surface area contributed by atoms with Crippen LogP contribution in [0.4, 0.5) is 5.13 Å². The van der Waals surface area contributed by atoms with Gasteiger partial charge in [-0.1, -0.05) is 29.5 Å². The van der Waals surface area contributed by atoms with E-state index in [1.54, 1.807) is 24.7 Å². The second-order valence-electron chi connectivity index (χ2n) is 4.80. The lowest BCUT2D eigenvalue weighted by atomic mass is 10.1. The van der Waals surface area contributed by atoms with Gasteiger partial charge in [0.05, 0.1) is 18.5 Å². The molecule has 0 unspecified atom stereocenters. The fourth-order valence-corrected chi connectivity index (χ4v) is 2.92. The van der Waals surface area contributed by atoms with E-state index in [0.717, 1.165) is 21.3 Å². The number of hydrogen-bond donors (Lipinski definition) is 1. The molecular formula is C15H16N4O2S. The number of hydrogen-bond acceptors (Lipinski definition) is 6. The van der Waals surface area contributed by atoms with E-state index in [4.69, 9.17) is 4.74 Å². The summed E-state index contributed by atoms with van der Waals surface area (Å²) in [6.07, 6.45) is 1.77. The number of nitrogens with zero attached hydrogens (tertiary/aromatic N) is 3. The molecule has 0 fully saturated rings. The number of imidazole rings is 1. The van der Waals surface area contributed by atoms with Crippen LogP contribution in [0, 0.1) is 0 Å². The SMILES string of the molecule is COCCNc1nn2c(-c3cccc(C(C)=O)c3)cnc2s1. The average molecular weight is 316 g/mol. The van der Waals surface area contributed by atoms with E-state index < -0.39 is 0 Å². The summed E-state index contributed by atoms with van der Waals surface area (Å²) in [4.78, 5) is 16.7. The van der Waals surface area contributed by atoms with Crippen LogP contribution in [0.2, 0.25) is 0 Å². The Kier molecular flexibility index (Phi) is 4.17. The quantitative estimate of drug-likeness (QED) is 0.559. The minimum absolute atomic E-state index is 0.0443. The van der Waals surface area contributed by atoms with Gasteiger partial charge in [0.25, 0.3) is 0 Å². The van der Waals surface area contributed by atoms with Crippen LogP contribution in [0.1, 0.15) is 17.3 Å². The number of ketones is 1. The Morgan fingerprint density at radius 1 is 1.45 bits per heavy atom. The van der Waals surface area contributed by atoms with E-state index in [1.807, 2.05) is 24.3 Å². The third kappa shape index (κ3) is 2.86. The van der Waals surface area contributed by atoms with E-state index in [2.05, 4.69) is 15.4 Å². The summed E-state index contributed by atoms with van der Waals surface area (Å²) in [6, 6.07) is 7.49. The van der Waals surface area contributed by atoms with Gasteiger partial charge in [0.1, 0.15) is 0 Å². The number of Topliss-reactive ketones (excluding diaryl/α,β-unsaturated/α-hetero) is 1. The highest BCUT2D eigenvalue weighted by Gasteiger charge is 2.12. The van der Waals surface area contributed by atoms with Gasteiger partial charge in [-0.15, -0.1) is 5.10 Å². The lowest BCUT2D eigenvalue weighted by Crippen LogP contribution is -2.07. The number of benzene rings is 1. The van der Waals surface area contributed by atoms with E-state index in [-0.39, 0.29) is 5.78 Å². The van der Waals surface area contributed by atoms with Crippen LogP contribution >= 0.6 is 11.3 Å². The maximum atomic E-state index is 11.5. The van der Waals surface area contributed by atoms with Crippen molar-refractivity contribution in [1.82, 2.24) is 14.6 Å². The number of methoxy groups -OCH3 is 1. The van der Waals surface area contributed by atoms with Crippen molar-refractivity contribution >= 4 is 27.2 Å². The first-order valence-electron chi connectivity index (χ1n) is 6.88. The Hall–Kier alpha value is -2.25. The van der Waals surface area contributed by atoms with Crippen molar-refractivity contribution in [2.75, 3.05) is 25.6 Å². The lowest BCUT2D eigenvalue weighted by Gasteiger charge is -2.02. The Morgan fingerprint density at radius 3 is 3.09 bits per heavy atom. The van der Waals surface area contributed by atoms with Crippen molar-refractivity contribution in [1.29, 1.82) is 0 Å².